The van der Waals surface area contributed by atoms with Gasteiger partial charge in [0.15, 0.2) is 0 Å². The highest BCUT2D eigenvalue weighted by Gasteiger charge is 1.95. The highest BCUT2D eigenvalue weighted by Crippen LogP contribution is 2.02. The minimum Gasteiger partial charge on any atom is -0.478 e. The standard InChI is InChI=1S/C5H10O.C4H6O2/c1-2-4-6-5-3-1;1-3(2)4(5)6/h1-5H2;1H2,2H3,(H,5,6). The first kappa shape index (κ1) is 11.2. The maximum absolute atomic E-state index is 9.60. The number of carbonyl (C=O) groups is 1. The van der Waals surface area contributed by atoms with Gasteiger partial charge in [0.05, 0.1) is 0 Å². The summed E-state index contributed by atoms with van der Waals surface area (Å²) in [6.07, 6.45) is 3.93. The van der Waals surface area contributed by atoms with E-state index in [-0.39, 0.29) is 5.57 Å². The highest BCUT2D eigenvalue weighted by molar-refractivity contribution is 5.84. The van der Waals surface area contributed by atoms with Crippen molar-refractivity contribution in [1.29, 1.82) is 0 Å². The number of carboxylic acid groups (broad SMARTS) is 1. The van der Waals surface area contributed by atoms with Gasteiger partial charge in [0.25, 0.3) is 0 Å². The van der Waals surface area contributed by atoms with Crippen molar-refractivity contribution in [3.05, 3.63) is 12.2 Å². The average molecular weight is 172 g/mol. The number of ether oxygens (including phenoxy) is 1. The Balaban J connectivity index is 0.000000202. The summed E-state index contributed by atoms with van der Waals surface area (Å²) in [5.74, 6) is -0.935. The SMILES string of the molecule is C1CCOCC1.C=C(C)C(=O)O. The molecule has 0 saturated carbocycles. The van der Waals surface area contributed by atoms with Gasteiger partial charge in [-0.25, -0.2) is 4.79 Å². The van der Waals surface area contributed by atoms with Crippen LogP contribution in [0.25, 0.3) is 0 Å². The number of carboxylic acids is 1. The quantitative estimate of drug-likeness (QED) is 0.614. The second-order valence-corrected chi connectivity index (χ2v) is 2.76. The summed E-state index contributed by atoms with van der Waals surface area (Å²) >= 11 is 0. The molecule has 0 bridgehead atoms. The molecule has 1 N–H and O–H groups in total. The van der Waals surface area contributed by atoms with Gasteiger partial charge in [-0.15, -0.1) is 0 Å². The van der Waals surface area contributed by atoms with Crippen LogP contribution in [0.5, 0.6) is 0 Å². The van der Waals surface area contributed by atoms with Crippen LogP contribution in [0.1, 0.15) is 26.2 Å². The fourth-order valence-corrected chi connectivity index (χ4v) is 0.687. The molecule has 1 rings (SSSR count). The summed E-state index contributed by atoms with van der Waals surface area (Å²) in [5.41, 5.74) is 0.176. The Morgan fingerprint density at radius 1 is 1.33 bits per heavy atom. The van der Waals surface area contributed by atoms with E-state index in [0.717, 1.165) is 13.2 Å². The second kappa shape index (κ2) is 6.85. The molecule has 0 atom stereocenters. The van der Waals surface area contributed by atoms with Crippen molar-refractivity contribution >= 4 is 5.97 Å². The van der Waals surface area contributed by atoms with Gasteiger partial charge in [-0.2, -0.15) is 0 Å². The van der Waals surface area contributed by atoms with E-state index in [2.05, 4.69) is 6.58 Å². The molecule has 0 radical (unpaired) electrons. The molecule has 70 valence electrons. The predicted octanol–water partition coefficient (Wildman–Crippen LogP) is 1.83. The largest absolute Gasteiger partial charge is 0.478 e. The van der Waals surface area contributed by atoms with Gasteiger partial charge in [-0.05, 0) is 26.2 Å². The molecule has 0 aromatic rings. The maximum atomic E-state index is 9.60. The third kappa shape index (κ3) is 7.28. The van der Waals surface area contributed by atoms with Gasteiger partial charge in [0, 0.05) is 18.8 Å². The lowest BCUT2D eigenvalue weighted by Crippen LogP contribution is -2.03. The van der Waals surface area contributed by atoms with Crippen LogP contribution in [-0.4, -0.2) is 24.3 Å². The Bertz CT molecular complexity index is 124. The molecule has 0 spiro atoms. The topological polar surface area (TPSA) is 46.5 Å². The maximum Gasteiger partial charge on any atom is 0.330 e. The fourth-order valence-electron chi connectivity index (χ4n) is 0.687. The summed E-state index contributed by atoms with van der Waals surface area (Å²) < 4.78 is 5.07. The molecule has 0 unspecified atom stereocenters. The molecule has 3 heteroatoms. The van der Waals surface area contributed by atoms with Gasteiger partial charge in [-0.3, -0.25) is 0 Å². The zero-order chi connectivity index (χ0) is 9.40. The molecule has 0 amide bonds. The first-order valence-corrected chi connectivity index (χ1v) is 4.11. The van der Waals surface area contributed by atoms with Gasteiger partial charge in [0.2, 0.25) is 0 Å². The summed E-state index contributed by atoms with van der Waals surface area (Å²) in [6.45, 7) is 6.60. The van der Waals surface area contributed by atoms with Crippen LogP contribution in [0.15, 0.2) is 12.2 Å². The van der Waals surface area contributed by atoms with E-state index in [0.29, 0.717) is 0 Å². The van der Waals surface area contributed by atoms with Crippen LogP contribution in [-0.2, 0) is 9.53 Å². The third-order valence-corrected chi connectivity index (χ3v) is 1.44. The minimum absolute atomic E-state index is 0.176. The fraction of sp³-hybridized carbons (Fsp3) is 0.667. The van der Waals surface area contributed by atoms with Crippen molar-refractivity contribution in [1.82, 2.24) is 0 Å². The van der Waals surface area contributed by atoms with Crippen molar-refractivity contribution in [3.8, 4) is 0 Å². The van der Waals surface area contributed by atoms with E-state index in [1.807, 2.05) is 0 Å². The van der Waals surface area contributed by atoms with Gasteiger partial charge in [-0.1, -0.05) is 6.58 Å². The molecule has 0 aliphatic carbocycles. The second-order valence-electron chi connectivity index (χ2n) is 2.76. The summed E-state index contributed by atoms with van der Waals surface area (Å²) in [4.78, 5) is 9.60. The number of rotatable bonds is 1. The normalized spacial score (nSPS) is 15.8. The lowest BCUT2D eigenvalue weighted by atomic mass is 10.2. The Labute approximate surface area is 73.0 Å². The van der Waals surface area contributed by atoms with Crippen molar-refractivity contribution < 1.29 is 14.6 Å². The lowest BCUT2D eigenvalue weighted by Gasteiger charge is -2.08. The zero-order valence-corrected chi connectivity index (χ0v) is 7.51. The van der Waals surface area contributed by atoms with Crippen LogP contribution in [0.3, 0.4) is 0 Å². The van der Waals surface area contributed by atoms with Crippen LogP contribution in [0.2, 0.25) is 0 Å². The molecule has 3 nitrogen and oxygen atoms in total. The molecule has 12 heavy (non-hydrogen) atoms. The first-order chi connectivity index (χ1) is 5.64. The Hall–Kier alpha value is -0.830. The van der Waals surface area contributed by atoms with E-state index in [1.54, 1.807) is 0 Å². The van der Waals surface area contributed by atoms with Crippen LogP contribution in [0, 0.1) is 0 Å². The summed E-state index contributed by atoms with van der Waals surface area (Å²) in [7, 11) is 0. The Kier molecular flexibility index (Phi) is 6.38. The number of hydrogen-bond donors (Lipinski definition) is 1. The Morgan fingerprint density at radius 2 is 1.75 bits per heavy atom. The molecule has 0 aromatic carbocycles. The smallest absolute Gasteiger partial charge is 0.330 e. The average Bonchev–Trinajstić information content (AvgIpc) is 2.08. The van der Waals surface area contributed by atoms with Crippen molar-refractivity contribution in [2.24, 2.45) is 0 Å². The van der Waals surface area contributed by atoms with E-state index >= 15 is 0 Å². The van der Waals surface area contributed by atoms with E-state index in [1.165, 1.54) is 26.2 Å². The van der Waals surface area contributed by atoms with Crippen molar-refractivity contribution in [2.45, 2.75) is 26.2 Å². The van der Waals surface area contributed by atoms with Crippen LogP contribution in [0.4, 0.5) is 0 Å². The van der Waals surface area contributed by atoms with Gasteiger partial charge < -0.3 is 9.84 Å². The van der Waals surface area contributed by atoms with E-state index < -0.39 is 5.97 Å². The molecule has 0 aromatic heterocycles. The van der Waals surface area contributed by atoms with E-state index in [4.69, 9.17) is 9.84 Å². The number of aliphatic carboxylic acids is 1. The zero-order valence-electron chi connectivity index (χ0n) is 7.51. The first-order valence-electron chi connectivity index (χ1n) is 4.11. The molecular weight excluding hydrogens is 156 g/mol. The third-order valence-electron chi connectivity index (χ3n) is 1.44. The van der Waals surface area contributed by atoms with Crippen LogP contribution >= 0.6 is 0 Å². The summed E-state index contributed by atoms with van der Waals surface area (Å²) in [5, 5.41) is 7.89. The molecule has 1 aliphatic rings. The van der Waals surface area contributed by atoms with Crippen molar-refractivity contribution in [2.75, 3.05) is 13.2 Å². The highest BCUT2D eigenvalue weighted by atomic mass is 16.5. The summed E-state index contributed by atoms with van der Waals surface area (Å²) in [6, 6.07) is 0. The number of hydrogen-bond acceptors (Lipinski definition) is 2. The minimum atomic E-state index is -0.935. The molecular formula is C9H16O3. The molecule has 1 heterocycles. The van der Waals surface area contributed by atoms with Gasteiger partial charge in [0.1, 0.15) is 0 Å². The van der Waals surface area contributed by atoms with E-state index in [9.17, 15) is 4.79 Å². The molecule has 1 fully saturated rings. The predicted molar refractivity (Wildman–Crippen MR) is 47.1 cm³/mol. The van der Waals surface area contributed by atoms with Gasteiger partial charge >= 0.3 is 5.97 Å². The molecule has 1 aliphatic heterocycles. The lowest BCUT2D eigenvalue weighted by molar-refractivity contribution is -0.132. The Morgan fingerprint density at radius 3 is 1.83 bits per heavy atom. The molecule has 1 saturated heterocycles. The van der Waals surface area contributed by atoms with Crippen molar-refractivity contribution in [3.63, 3.8) is 0 Å². The van der Waals surface area contributed by atoms with Crippen LogP contribution < -0.4 is 0 Å². The monoisotopic (exact) mass is 172 g/mol.